The number of rotatable bonds is 14. The molecule has 0 amide bonds. The van der Waals surface area contributed by atoms with Crippen molar-refractivity contribution in [2.75, 3.05) is 0 Å². The number of carbonyl (C=O) groups is 1. The molecule has 0 unspecified atom stereocenters. The van der Waals surface area contributed by atoms with Gasteiger partial charge in [-0.2, -0.15) is 13.2 Å². The molecular weight excluding hydrogens is 427 g/mol. The molecule has 8 heteroatoms. The van der Waals surface area contributed by atoms with Crippen LogP contribution in [0.3, 0.4) is 0 Å². The quantitative estimate of drug-likeness (QED) is 0.223. The first-order valence-corrected chi connectivity index (χ1v) is 12.7. The lowest BCUT2D eigenvalue weighted by molar-refractivity contribution is -0.185. The third kappa shape index (κ3) is 14.2. The van der Waals surface area contributed by atoms with E-state index in [1.54, 1.807) is 41.5 Å². The van der Waals surface area contributed by atoms with Crippen LogP contribution in [0, 0.1) is 5.92 Å². The summed E-state index contributed by atoms with van der Waals surface area (Å²) < 4.78 is 60.7. The van der Waals surface area contributed by atoms with Crippen molar-refractivity contribution in [1.82, 2.24) is 4.72 Å². The molecule has 0 bridgehead atoms. The molecule has 0 aromatic carbocycles. The van der Waals surface area contributed by atoms with E-state index in [2.05, 4.69) is 11.6 Å². The van der Waals surface area contributed by atoms with Gasteiger partial charge in [0.05, 0.1) is 21.7 Å². The van der Waals surface area contributed by atoms with Gasteiger partial charge in [0.1, 0.15) is 11.6 Å². The lowest BCUT2D eigenvalue weighted by atomic mass is 9.92. The molecular formula is C23H44F3NO3S. The van der Waals surface area contributed by atoms with E-state index >= 15 is 0 Å². The van der Waals surface area contributed by atoms with Crippen LogP contribution in [-0.4, -0.2) is 32.7 Å². The molecule has 1 N–H and O–H groups in total. The first kappa shape index (κ1) is 30.4. The number of halogens is 3. The Morgan fingerprint density at radius 1 is 0.871 bits per heavy atom. The van der Waals surface area contributed by atoms with Crippen molar-refractivity contribution in [2.45, 2.75) is 135 Å². The van der Waals surface area contributed by atoms with E-state index in [4.69, 9.17) is 4.74 Å². The van der Waals surface area contributed by atoms with E-state index in [-0.39, 0.29) is 6.42 Å². The highest BCUT2D eigenvalue weighted by Gasteiger charge is 2.49. The van der Waals surface area contributed by atoms with Crippen LogP contribution < -0.4 is 4.72 Å². The normalized spacial score (nSPS) is 16.1. The van der Waals surface area contributed by atoms with Gasteiger partial charge in [0.15, 0.2) is 0 Å². The van der Waals surface area contributed by atoms with Gasteiger partial charge in [-0.05, 0) is 48.0 Å². The summed E-state index contributed by atoms with van der Waals surface area (Å²) in [6.45, 7) is 11.8. The van der Waals surface area contributed by atoms with E-state index in [1.807, 2.05) is 0 Å². The van der Waals surface area contributed by atoms with Gasteiger partial charge in [-0.15, -0.1) is 0 Å². The molecule has 0 spiro atoms. The van der Waals surface area contributed by atoms with Crippen LogP contribution in [0.5, 0.6) is 0 Å². The molecule has 0 rings (SSSR count). The van der Waals surface area contributed by atoms with Crippen LogP contribution in [0.4, 0.5) is 13.2 Å². The summed E-state index contributed by atoms with van der Waals surface area (Å²) in [7, 11) is -1.97. The molecule has 0 aromatic rings. The first-order valence-electron chi connectivity index (χ1n) is 11.6. The van der Waals surface area contributed by atoms with Crippen molar-refractivity contribution >= 4 is 17.0 Å². The molecule has 0 aliphatic heterocycles. The zero-order valence-electron chi connectivity index (χ0n) is 20.5. The highest BCUT2D eigenvalue weighted by Crippen LogP contribution is 2.32. The average molecular weight is 472 g/mol. The van der Waals surface area contributed by atoms with Gasteiger partial charge in [0, 0.05) is 0 Å². The van der Waals surface area contributed by atoms with Gasteiger partial charge in [0.25, 0.3) is 0 Å². The Morgan fingerprint density at radius 3 is 1.71 bits per heavy atom. The summed E-state index contributed by atoms with van der Waals surface area (Å²) in [5, 5.41) is 0. The number of alkyl halides is 3. The van der Waals surface area contributed by atoms with Crippen LogP contribution >= 0.6 is 0 Å². The number of hydrogen-bond acceptors (Lipinski definition) is 3. The molecule has 0 aliphatic carbocycles. The maximum Gasteiger partial charge on any atom is 0.405 e. The Labute approximate surface area is 190 Å². The zero-order valence-corrected chi connectivity index (χ0v) is 21.3. The van der Waals surface area contributed by atoms with Crippen LogP contribution in [-0.2, 0) is 20.5 Å². The minimum atomic E-state index is -4.72. The molecule has 0 aromatic heterocycles. The fourth-order valence-electron chi connectivity index (χ4n) is 3.14. The van der Waals surface area contributed by atoms with Crippen molar-refractivity contribution in [3.63, 3.8) is 0 Å². The van der Waals surface area contributed by atoms with Crippen molar-refractivity contribution in [3.8, 4) is 0 Å². The predicted molar refractivity (Wildman–Crippen MR) is 122 cm³/mol. The summed E-state index contributed by atoms with van der Waals surface area (Å²) >= 11 is 0. The van der Waals surface area contributed by atoms with Crippen molar-refractivity contribution in [3.05, 3.63) is 0 Å². The summed E-state index contributed by atoms with van der Waals surface area (Å²) in [5.74, 6) is -2.33. The number of esters is 1. The molecule has 0 heterocycles. The first-order chi connectivity index (χ1) is 14.1. The molecule has 0 radical (unpaired) electrons. The highest BCUT2D eigenvalue weighted by molar-refractivity contribution is 7.84. The number of hydrogen-bond donors (Lipinski definition) is 1. The second-order valence-corrected chi connectivity index (χ2v) is 12.3. The van der Waals surface area contributed by atoms with Crippen molar-refractivity contribution in [2.24, 2.45) is 5.92 Å². The van der Waals surface area contributed by atoms with Crippen molar-refractivity contribution in [1.29, 1.82) is 0 Å². The van der Waals surface area contributed by atoms with E-state index < -0.39 is 45.4 Å². The summed E-state index contributed by atoms with van der Waals surface area (Å²) in [6, 6.07) is -2.21. The van der Waals surface area contributed by atoms with Crippen LogP contribution in [0.1, 0.15) is 113 Å². The van der Waals surface area contributed by atoms with E-state index in [0.717, 1.165) is 25.7 Å². The Kier molecular flexibility index (Phi) is 13.5. The third-order valence-corrected chi connectivity index (χ3v) is 6.45. The second kappa shape index (κ2) is 13.8. The Bertz CT molecular complexity index is 540. The van der Waals surface area contributed by atoms with E-state index in [0.29, 0.717) is 6.42 Å². The van der Waals surface area contributed by atoms with Gasteiger partial charge in [-0.1, -0.05) is 64.7 Å². The standard InChI is InChI=1S/C23H44F3NO3S/c1-8-9-10-11-12-13-14-15-16-17-18(20(28)30-21(2,3)4)19(23(24,25)26)27-31(29)22(5,6)7/h18-19,27H,8-17H2,1-7H3/t18-,19-,31-/m0/s1. The van der Waals surface area contributed by atoms with Gasteiger partial charge < -0.3 is 4.74 Å². The topological polar surface area (TPSA) is 55.4 Å². The monoisotopic (exact) mass is 471 g/mol. The maximum absolute atomic E-state index is 13.9. The number of unbranched alkanes of at least 4 members (excludes halogenated alkanes) is 8. The lowest BCUT2D eigenvalue weighted by Gasteiger charge is -2.32. The van der Waals surface area contributed by atoms with Crippen LogP contribution in [0.15, 0.2) is 0 Å². The smallest absolute Gasteiger partial charge is 0.405 e. The summed E-state index contributed by atoms with van der Waals surface area (Å²) in [6.07, 6.45) is 4.54. The van der Waals surface area contributed by atoms with Gasteiger partial charge >= 0.3 is 12.1 Å². The van der Waals surface area contributed by atoms with Gasteiger partial charge in [0.2, 0.25) is 0 Å². The molecule has 0 fully saturated rings. The number of ether oxygens (including phenoxy) is 1. The molecule has 31 heavy (non-hydrogen) atoms. The molecule has 0 saturated heterocycles. The fourth-order valence-corrected chi connectivity index (χ4v) is 4.02. The SMILES string of the molecule is CCCCCCCCCCC[C@H](C(=O)OC(C)(C)C)[C@H](N[S@@](=O)C(C)(C)C)C(F)(F)F. The van der Waals surface area contributed by atoms with E-state index in [1.165, 1.54) is 25.7 Å². The minimum Gasteiger partial charge on any atom is -0.460 e. The van der Waals surface area contributed by atoms with Gasteiger partial charge in [-0.3, -0.25) is 4.79 Å². The van der Waals surface area contributed by atoms with E-state index in [9.17, 15) is 22.2 Å². The fraction of sp³-hybridized carbons (Fsp3) is 0.957. The largest absolute Gasteiger partial charge is 0.460 e. The number of carbonyl (C=O) groups excluding carboxylic acids is 1. The second-order valence-electron chi connectivity index (χ2n) is 10.3. The van der Waals surface area contributed by atoms with Crippen LogP contribution in [0.25, 0.3) is 0 Å². The predicted octanol–water partition coefficient (Wildman–Crippen LogP) is 6.85. The Balaban J connectivity index is 5.12. The molecule has 186 valence electrons. The highest BCUT2D eigenvalue weighted by atomic mass is 32.2. The molecule has 4 nitrogen and oxygen atoms in total. The lowest BCUT2D eigenvalue weighted by Crippen LogP contribution is -2.54. The third-order valence-electron chi connectivity index (χ3n) is 4.87. The number of nitrogens with one attached hydrogen (secondary N) is 1. The summed E-state index contributed by atoms with van der Waals surface area (Å²) in [5.41, 5.74) is -0.896. The Hall–Kier alpha value is -0.630. The molecule has 3 atom stereocenters. The average Bonchev–Trinajstić information content (AvgIpc) is 2.58. The zero-order chi connectivity index (χ0) is 24.3. The Morgan fingerprint density at radius 2 is 1.32 bits per heavy atom. The molecule has 0 saturated carbocycles. The minimum absolute atomic E-state index is 0.0449. The maximum atomic E-state index is 13.9. The summed E-state index contributed by atoms with van der Waals surface area (Å²) in [4.78, 5) is 12.7. The van der Waals surface area contributed by atoms with Crippen LogP contribution in [0.2, 0.25) is 0 Å². The van der Waals surface area contributed by atoms with Crippen molar-refractivity contribution < 1.29 is 26.9 Å². The van der Waals surface area contributed by atoms with Gasteiger partial charge in [-0.25, -0.2) is 8.93 Å². The molecule has 0 aliphatic rings.